The van der Waals surface area contributed by atoms with E-state index in [1.54, 1.807) is 20.3 Å². The first-order valence-corrected chi connectivity index (χ1v) is 7.18. The van der Waals surface area contributed by atoms with E-state index in [1.807, 2.05) is 6.07 Å². The first-order chi connectivity index (χ1) is 10.1. The number of halogens is 1. The summed E-state index contributed by atoms with van der Waals surface area (Å²) in [6.45, 7) is 3.55. The summed E-state index contributed by atoms with van der Waals surface area (Å²) >= 11 is 6.26. The van der Waals surface area contributed by atoms with E-state index in [2.05, 4.69) is 36.5 Å². The van der Waals surface area contributed by atoms with E-state index in [4.69, 9.17) is 21.1 Å². The minimum absolute atomic E-state index is 0.643. The van der Waals surface area contributed by atoms with Crippen LogP contribution in [0.25, 0.3) is 0 Å². The first-order valence-electron chi connectivity index (χ1n) is 6.80. The molecule has 0 saturated carbocycles. The lowest BCUT2D eigenvalue weighted by molar-refractivity contribution is 0.354. The highest BCUT2D eigenvalue weighted by Crippen LogP contribution is 2.32. The van der Waals surface area contributed by atoms with E-state index in [0.29, 0.717) is 23.1 Å². The molecule has 0 aliphatic carbocycles. The van der Waals surface area contributed by atoms with E-state index in [-0.39, 0.29) is 0 Å². The molecule has 4 heteroatoms. The Morgan fingerprint density at radius 1 is 0.952 bits per heavy atom. The quantitative estimate of drug-likeness (QED) is 0.876. The van der Waals surface area contributed by atoms with Gasteiger partial charge in [-0.25, -0.2) is 0 Å². The van der Waals surface area contributed by atoms with Gasteiger partial charge in [0.25, 0.3) is 0 Å². The average molecular weight is 306 g/mol. The van der Waals surface area contributed by atoms with Gasteiger partial charge in [0.15, 0.2) is 11.5 Å². The van der Waals surface area contributed by atoms with Crippen molar-refractivity contribution in [2.24, 2.45) is 0 Å². The number of benzene rings is 2. The van der Waals surface area contributed by atoms with Crippen molar-refractivity contribution in [3.63, 3.8) is 0 Å². The summed E-state index contributed by atoms with van der Waals surface area (Å²) < 4.78 is 10.5. The van der Waals surface area contributed by atoms with Gasteiger partial charge >= 0.3 is 0 Å². The predicted octanol–water partition coefficient (Wildman–Crippen LogP) is 3.96. The van der Waals surface area contributed by atoms with Crippen LogP contribution in [0.3, 0.4) is 0 Å². The molecule has 0 atom stereocenters. The van der Waals surface area contributed by atoms with Crippen LogP contribution in [-0.4, -0.2) is 14.2 Å². The molecule has 0 aliphatic heterocycles. The maximum absolute atomic E-state index is 6.26. The van der Waals surface area contributed by atoms with Crippen molar-refractivity contribution in [3.8, 4) is 11.5 Å². The zero-order chi connectivity index (χ0) is 15.2. The second-order valence-electron chi connectivity index (χ2n) is 4.89. The molecule has 0 heterocycles. The monoisotopic (exact) mass is 305 g/mol. The van der Waals surface area contributed by atoms with Gasteiger partial charge in [-0.3, -0.25) is 0 Å². The molecule has 112 valence electrons. The topological polar surface area (TPSA) is 30.5 Å². The molecule has 0 fully saturated rings. The fourth-order valence-corrected chi connectivity index (χ4v) is 2.30. The van der Waals surface area contributed by atoms with Crippen molar-refractivity contribution in [3.05, 3.63) is 58.1 Å². The lowest BCUT2D eigenvalue weighted by atomic mass is 10.1. The molecule has 2 aromatic carbocycles. The van der Waals surface area contributed by atoms with E-state index in [0.717, 1.165) is 12.1 Å². The van der Waals surface area contributed by atoms with Gasteiger partial charge < -0.3 is 14.8 Å². The summed E-state index contributed by atoms with van der Waals surface area (Å²) in [5.74, 6) is 1.33. The van der Waals surface area contributed by atoms with Crippen molar-refractivity contribution in [1.29, 1.82) is 0 Å². The number of hydrogen-bond acceptors (Lipinski definition) is 3. The first kappa shape index (κ1) is 15.7. The predicted molar refractivity (Wildman–Crippen MR) is 86.3 cm³/mol. The average Bonchev–Trinajstić information content (AvgIpc) is 2.50. The Morgan fingerprint density at radius 2 is 1.57 bits per heavy atom. The fraction of sp³-hybridized carbons (Fsp3) is 0.294. The molecule has 2 aromatic rings. The van der Waals surface area contributed by atoms with E-state index < -0.39 is 0 Å². The van der Waals surface area contributed by atoms with Gasteiger partial charge in [0.2, 0.25) is 0 Å². The lowest BCUT2D eigenvalue weighted by Crippen LogP contribution is -2.13. The van der Waals surface area contributed by atoms with Gasteiger partial charge in [0, 0.05) is 24.2 Å². The Hall–Kier alpha value is -1.71. The number of hydrogen-bond donors (Lipinski definition) is 1. The van der Waals surface area contributed by atoms with Crippen molar-refractivity contribution in [2.45, 2.75) is 20.0 Å². The van der Waals surface area contributed by atoms with Crippen molar-refractivity contribution in [2.75, 3.05) is 14.2 Å². The molecule has 0 saturated heterocycles. The normalized spacial score (nSPS) is 10.5. The van der Waals surface area contributed by atoms with Crippen LogP contribution < -0.4 is 14.8 Å². The summed E-state index contributed by atoms with van der Waals surface area (Å²) in [5.41, 5.74) is 3.50. The lowest BCUT2D eigenvalue weighted by Gasteiger charge is -2.12. The zero-order valence-electron chi connectivity index (χ0n) is 12.6. The Balaban J connectivity index is 2.01. The third kappa shape index (κ3) is 4.13. The van der Waals surface area contributed by atoms with Crippen LogP contribution in [0.1, 0.15) is 16.7 Å². The van der Waals surface area contributed by atoms with Gasteiger partial charge in [-0.05, 0) is 24.1 Å². The van der Waals surface area contributed by atoms with Crippen molar-refractivity contribution >= 4 is 11.6 Å². The molecule has 0 aromatic heterocycles. The van der Waals surface area contributed by atoms with Gasteiger partial charge in [0.05, 0.1) is 14.2 Å². The zero-order valence-corrected chi connectivity index (χ0v) is 13.3. The van der Waals surface area contributed by atoms with Crippen LogP contribution >= 0.6 is 11.6 Å². The van der Waals surface area contributed by atoms with Crippen LogP contribution in [0, 0.1) is 6.92 Å². The molecule has 0 radical (unpaired) electrons. The van der Waals surface area contributed by atoms with Gasteiger partial charge in [0.1, 0.15) is 0 Å². The molecule has 2 rings (SSSR count). The number of nitrogens with one attached hydrogen (secondary N) is 1. The molecule has 3 nitrogen and oxygen atoms in total. The minimum atomic E-state index is 0.643. The summed E-state index contributed by atoms with van der Waals surface area (Å²) in [5, 5.41) is 4.06. The molecule has 0 bridgehead atoms. The molecule has 0 spiro atoms. The van der Waals surface area contributed by atoms with Crippen LogP contribution in [0.5, 0.6) is 11.5 Å². The van der Waals surface area contributed by atoms with Crippen molar-refractivity contribution < 1.29 is 9.47 Å². The van der Waals surface area contributed by atoms with E-state index in [9.17, 15) is 0 Å². The van der Waals surface area contributed by atoms with Crippen molar-refractivity contribution in [1.82, 2.24) is 5.32 Å². The Labute approximate surface area is 130 Å². The second-order valence-corrected chi connectivity index (χ2v) is 5.29. The Kier molecular flexibility index (Phi) is 5.48. The number of rotatable bonds is 6. The molecule has 0 aliphatic rings. The maximum Gasteiger partial charge on any atom is 0.162 e. The van der Waals surface area contributed by atoms with Gasteiger partial charge in [-0.2, -0.15) is 0 Å². The standard InChI is InChI=1S/C17H20ClNO2/c1-12-4-6-13(7-5-12)10-19-11-14-8-16(20-2)17(21-3)9-15(14)18/h4-9,19H,10-11H2,1-3H3. The largest absolute Gasteiger partial charge is 0.493 e. The summed E-state index contributed by atoms with van der Waals surface area (Å²) in [6.07, 6.45) is 0. The number of ether oxygens (including phenoxy) is 2. The third-order valence-electron chi connectivity index (χ3n) is 3.32. The number of methoxy groups -OCH3 is 2. The minimum Gasteiger partial charge on any atom is -0.493 e. The van der Waals surface area contributed by atoms with Crippen LogP contribution in [0.15, 0.2) is 36.4 Å². The highest BCUT2D eigenvalue weighted by molar-refractivity contribution is 6.31. The number of aryl methyl sites for hydroxylation is 1. The summed E-state index contributed by atoms with van der Waals surface area (Å²) in [6, 6.07) is 12.2. The molecule has 1 N–H and O–H groups in total. The fourth-order valence-electron chi connectivity index (χ4n) is 2.08. The highest BCUT2D eigenvalue weighted by Gasteiger charge is 2.09. The molecule has 0 unspecified atom stereocenters. The molecule has 0 amide bonds. The third-order valence-corrected chi connectivity index (χ3v) is 3.67. The summed E-state index contributed by atoms with van der Waals surface area (Å²) in [7, 11) is 3.22. The van der Waals surface area contributed by atoms with Gasteiger partial charge in [-0.1, -0.05) is 41.4 Å². The van der Waals surface area contributed by atoms with Crippen LogP contribution in [-0.2, 0) is 13.1 Å². The molecular formula is C17H20ClNO2. The van der Waals surface area contributed by atoms with Gasteiger partial charge in [-0.15, -0.1) is 0 Å². The molecule has 21 heavy (non-hydrogen) atoms. The second kappa shape index (κ2) is 7.34. The smallest absolute Gasteiger partial charge is 0.162 e. The van der Waals surface area contributed by atoms with Crippen LogP contribution in [0.4, 0.5) is 0 Å². The Morgan fingerprint density at radius 3 is 2.19 bits per heavy atom. The van der Waals surface area contributed by atoms with E-state index >= 15 is 0 Å². The SMILES string of the molecule is COc1cc(Cl)c(CNCc2ccc(C)cc2)cc1OC. The summed E-state index contributed by atoms with van der Waals surface area (Å²) in [4.78, 5) is 0. The maximum atomic E-state index is 6.26. The molecular weight excluding hydrogens is 286 g/mol. The van der Waals surface area contributed by atoms with E-state index in [1.165, 1.54) is 11.1 Å². The highest BCUT2D eigenvalue weighted by atomic mass is 35.5. The Bertz CT molecular complexity index is 596. The van der Waals surface area contributed by atoms with Crippen LogP contribution in [0.2, 0.25) is 5.02 Å².